The van der Waals surface area contributed by atoms with Crippen LogP contribution in [0, 0.1) is 0 Å². The molecule has 0 aliphatic heterocycles. The lowest BCUT2D eigenvalue weighted by molar-refractivity contribution is 0.463. The molecule has 0 saturated carbocycles. The fraction of sp³-hybridized carbons (Fsp3) is 0.250. The second kappa shape index (κ2) is 5.55. The fourth-order valence-corrected chi connectivity index (χ4v) is 2.45. The Morgan fingerprint density at radius 2 is 1.56 bits per heavy atom. The maximum Gasteiger partial charge on any atom is 0.0408 e. The second-order valence-corrected chi connectivity index (χ2v) is 5.56. The Hall–Kier alpha value is -1.31. The molecule has 1 unspecified atom stereocenters. The minimum absolute atomic E-state index is 0.258. The van der Waals surface area contributed by atoms with E-state index in [-0.39, 0.29) is 5.54 Å². The minimum atomic E-state index is -0.258. The van der Waals surface area contributed by atoms with Crippen LogP contribution >= 0.6 is 11.6 Å². The number of hydrogen-bond donors (Lipinski definition) is 1. The standard InChI is InChI=1S/C16H18ClN/c1-16(18,11-13-6-3-2-4-7-13)12-14-8-5-9-15(17)10-14/h2-10H,11-12,18H2,1H3. The molecule has 0 aromatic heterocycles. The van der Waals surface area contributed by atoms with E-state index in [0.29, 0.717) is 0 Å². The first-order valence-electron chi connectivity index (χ1n) is 6.12. The predicted octanol–water partition coefficient (Wildman–Crippen LogP) is 3.84. The van der Waals surface area contributed by atoms with Crippen LogP contribution in [0.25, 0.3) is 0 Å². The zero-order valence-corrected chi connectivity index (χ0v) is 11.3. The normalized spacial score (nSPS) is 14.2. The van der Waals surface area contributed by atoms with Crippen molar-refractivity contribution in [1.82, 2.24) is 0 Å². The van der Waals surface area contributed by atoms with Crippen molar-refractivity contribution in [3.05, 3.63) is 70.7 Å². The highest BCUT2D eigenvalue weighted by molar-refractivity contribution is 6.30. The van der Waals surface area contributed by atoms with Gasteiger partial charge in [-0.2, -0.15) is 0 Å². The van der Waals surface area contributed by atoms with Gasteiger partial charge in [0.15, 0.2) is 0 Å². The molecule has 1 nitrogen and oxygen atoms in total. The maximum absolute atomic E-state index is 6.39. The lowest BCUT2D eigenvalue weighted by atomic mass is 9.87. The Bertz CT molecular complexity index is 506. The van der Waals surface area contributed by atoms with Gasteiger partial charge in [0.2, 0.25) is 0 Å². The molecule has 0 bridgehead atoms. The zero-order chi connectivity index (χ0) is 13.0. The molecule has 2 N–H and O–H groups in total. The van der Waals surface area contributed by atoms with Gasteiger partial charge in [0.1, 0.15) is 0 Å². The SMILES string of the molecule is CC(N)(Cc1ccccc1)Cc1cccc(Cl)c1. The van der Waals surface area contributed by atoms with Gasteiger partial charge in [0.05, 0.1) is 0 Å². The first kappa shape index (κ1) is 13.1. The van der Waals surface area contributed by atoms with Crippen LogP contribution in [0.15, 0.2) is 54.6 Å². The van der Waals surface area contributed by atoms with Gasteiger partial charge >= 0.3 is 0 Å². The summed E-state index contributed by atoms with van der Waals surface area (Å²) < 4.78 is 0. The molecule has 2 aromatic carbocycles. The summed E-state index contributed by atoms with van der Waals surface area (Å²) in [6.07, 6.45) is 1.68. The molecular formula is C16H18ClN. The Labute approximate surface area is 114 Å². The van der Waals surface area contributed by atoms with Crippen molar-refractivity contribution < 1.29 is 0 Å². The van der Waals surface area contributed by atoms with Gasteiger partial charge in [-0.25, -0.2) is 0 Å². The molecule has 1 atom stereocenters. The number of halogens is 1. The molecule has 0 heterocycles. The topological polar surface area (TPSA) is 26.0 Å². The first-order valence-corrected chi connectivity index (χ1v) is 6.50. The molecule has 2 rings (SSSR count). The molecule has 0 saturated heterocycles. The van der Waals surface area contributed by atoms with Crippen LogP contribution in [0.4, 0.5) is 0 Å². The van der Waals surface area contributed by atoms with Crippen molar-refractivity contribution in [2.24, 2.45) is 5.73 Å². The zero-order valence-electron chi connectivity index (χ0n) is 10.6. The van der Waals surface area contributed by atoms with Crippen LogP contribution in [-0.2, 0) is 12.8 Å². The van der Waals surface area contributed by atoms with Gasteiger partial charge in [-0.15, -0.1) is 0 Å². The molecule has 18 heavy (non-hydrogen) atoms. The summed E-state index contributed by atoms with van der Waals surface area (Å²) in [5.41, 5.74) is 8.58. The van der Waals surface area contributed by atoms with Crippen molar-refractivity contribution in [2.75, 3.05) is 0 Å². The van der Waals surface area contributed by atoms with Crippen molar-refractivity contribution in [1.29, 1.82) is 0 Å². The van der Waals surface area contributed by atoms with Crippen LogP contribution in [0.1, 0.15) is 18.1 Å². The van der Waals surface area contributed by atoms with Gasteiger partial charge in [-0.05, 0) is 43.0 Å². The van der Waals surface area contributed by atoms with Crippen LogP contribution in [0.5, 0.6) is 0 Å². The van der Waals surface area contributed by atoms with Gasteiger partial charge in [-0.1, -0.05) is 54.1 Å². The lowest BCUT2D eigenvalue weighted by Crippen LogP contribution is -2.40. The third-order valence-corrected chi connectivity index (χ3v) is 3.18. The van der Waals surface area contributed by atoms with Crippen LogP contribution in [-0.4, -0.2) is 5.54 Å². The molecule has 2 aromatic rings. The summed E-state index contributed by atoms with van der Waals surface area (Å²) in [4.78, 5) is 0. The molecule has 0 aliphatic rings. The number of nitrogens with two attached hydrogens (primary N) is 1. The summed E-state index contributed by atoms with van der Waals surface area (Å²) in [7, 11) is 0. The van der Waals surface area contributed by atoms with Gasteiger partial charge in [0.25, 0.3) is 0 Å². The van der Waals surface area contributed by atoms with Gasteiger partial charge < -0.3 is 5.73 Å². The Morgan fingerprint density at radius 1 is 0.944 bits per heavy atom. The fourth-order valence-electron chi connectivity index (χ4n) is 2.24. The number of benzene rings is 2. The van der Waals surface area contributed by atoms with Crippen LogP contribution in [0.3, 0.4) is 0 Å². The lowest BCUT2D eigenvalue weighted by Gasteiger charge is -2.25. The van der Waals surface area contributed by atoms with Crippen LogP contribution in [0.2, 0.25) is 5.02 Å². The average molecular weight is 260 g/mol. The van der Waals surface area contributed by atoms with E-state index in [1.165, 1.54) is 11.1 Å². The van der Waals surface area contributed by atoms with E-state index < -0.39 is 0 Å². The summed E-state index contributed by atoms with van der Waals surface area (Å²) in [6.45, 7) is 2.08. The van der Waals surface area contributed by atoms with E-state index in [2.05, 4.69) is 25.1 Å². The van der Waals surface area contributed by atoms with E-state index in [0.717, 1.165) is 17.9 Å². The highest BCUT2D eigenvalue weighted by Gasteiger charge is 2.19. The molecule has 0 amide bonds. The van der Waals surface area contributed by atoms with Crippen molar-refractivity contribution >= 4 is 11.6 Å². The summed E-state index contributed by atoms with van der Waals surface area (Å²) in [6, 6.07) is 18.3. The maximum atomic E-state index is 6.39. The smallest absolute Gasteiger partial charge is 0.0408 e. The monoisotopic (exact) mass is 259 g/mol. The molecule has 2 heteroatoms. The van der Waals surface area contributed by atoms with E-state index >= 15 is 0 Å². The van der Waals surface area contributed by atoms with E-state index in [1.54, 1.807) is 0 Å². The van der Waals surface area contributed by atoms with Crippen molar-refractivity contribution in [3.63, 3.8) is 0 Å². The molecule has 0 spiro atoms. The second-order valence-electron chi connectivity index (χ2n) is 5.12. The highest BCUT2D eigenvalue weighted by Crippen LogP contribution is 2.19. The highest BCUT2D eigenvalue weighted by atomic mass is 35.5. The molecule has 0 aliphatic carbocycles. The summed E-state index contributed by atoms with van der Waals surface area (Å²) in [5.74, 6) is 0. The Balaban J connectivity index is 2.07. The molecular weight excluding hydrogens is 242 g/mol. The minimum Gasteiger partial charge on any atom is -0.325 e. The largest absolute Gasteiger partial charge is 0.325 e. The van der Waals surface area contributed by atoms with Crippen molar-refractivity contribution in [2.45, 2.75) is 25.3 Å². The van der Waals surface area contributed by atoms with Gasteiger partial charge in [0, 0.05) is 10.6 Å². The summed E-state index contributed by atoms with van der Waals surface area (Å²) >= 11 is 5.99. The number of hydrogen-bond acceptors (Lipinski definition) is 1. The Morgan fingerprint density at radius 3 is 2.22 bits per heavy atom. The average Bonchev–Trinajstić information content (AvgIpc) is 2.28. The van der Waals surface area contributed by atoms with Crippen LogP contribution < -0.4 is 5.73 Å². The van der Waals surface area contributed by atoms with E-state index in [4.69, 9.17) is 17.3 Å². The third kappa shape index (κ3) is 3.86. The molecule has 0 radical (unpaired) electrons. The Kier molecular flexibility index (Phi) is 4.05. The first-order chi connectivity index (χ1) is 8.55. The quantitative estimate of drug-likeness (QED) is 0.887. The van der Waals surface area contributed by atoms with E-state index in [9.17, 15) is 0 Å². The predicted molar refractivity (Wildman–Crippen MR) is 77.9 cm³/mol. The van der Waals surface area contributed by atoms with E-state index in [1.807, 2.05) is 36.4 Å². The molecule has 0 fully saturated rings. The van der Waals surface area contributed by atoms with Crippen molar-refractivity contribution in [3.8, 4) is 0 Å². The molecule has 94 valence electrons. The number of rotatable bonds is 4. The van der Waals surface area contributed by atoms with Gasteiger partial charge in [-0.3, -0.25) is 0 Å². The third-order valence-electron chi connectivity index (χ3n) is 2.95. The summed E-state index contributed by atoms with van der Waals surface area (Å²) in [5, 5.41) is 0.767.